The highest BCUT2D eigenvalue weighted by atomic mass is 32.2. The lowest BCUT2D eigenvalue weighted by molar-refractivity contribution is -0.151. The highest BCUT2D eigenvalue weighted by Crippen LogP contribution is 2.26. The Balaban J connectivity index is 4.17. The number of carboxylic acids is 1. The molecule has 5 heteroatoms. The molecule has 0 aromatic heterocycles. The number of carboxylic acid groups (broad SMARTS) is 1. The molecule has 1 amide bonds. The van der Waals surface area contributed by atoms with E-state index in [2.05, 4.69) is 11.9 Å². The van der Waals surface area contributed by atoms with Gasteiger partial charge in [-0.3, -0.25) is 9.59 Å². The van der Waals surface area contributed by atoms with Gasteiger partial charge in [0.05, 0.1) is 0 Å². The van der Waals surface area contributed by atoms with Crippen molar-refractivity contribution in [2.24, 2.45) is 11.3 Å². The number of carbonyl (C=O) groups is 2. The van der Waals surface area contributed by atoms with Crippen molar-refractivity contribution in [1.29, 1.82) is 0 Å². The summed E-state index contributed by atoms with van der Waals surface area (Å²) >= 11 is 1.64. The Bertz CT molecular complexity index is 284. The fraction of sp³-hybridized carbons (Fsp3) is 0.667. The average molecular weight is 259 g/mol. The zero-order valence-corrected chi connectivity index (χ0v) is 11.5. The molecule has 98 valence electrons. The van der Waals surface area contributed by atoms with E-state index in [0.717, 1.165) is 11.5 Å². The maximum atomic E-state index is 11.7. The molecule has 17 heavy (non-hydrogen) atoms. The van der Waals surface area contributed by atoms with E-state index >= 15 is 0 Å². The van der Waals surface area contributed by atoms with Crippen LogP contribution in [0, 0.1) is 11.3 Å². The summed E-state index contributed by atoms with van der Waals surface area (Å²) in [7, 11) is 0. The van der Waals surface area contributed by atoms with Crippen LogP contribution >= 0.6 is 11.8 Å². The molecule has 0 spiro atoms. The van der Waals surface area contributed by atoms with Crippen LogP contribution in [0.1, 0.15) is 20.8 Å². The van der Waals surface area contributed by atoms with Gasteiger partial charge in [-0.2, -0.15) is 11.8 Å². The summed E-state index contributed by atoms with van der Waals surface area (Å²) in [5, 5.41) is 11.7. The summed E-state index contributed by atoms with van der Waals surface area (Å²) in [6.07, 6.45) is 1.79. The van der Waals surface area contributed by atoms with Gasteiger partial charge in [-0.25, -0.2) is 0 Å². The van der Waals surface area contributed by atoms with Gasteiger partial charge in [-0.1, -0.05) is 26.8 Å². The summed E-state index contributed by atoms with van der Waals surface area (Å²) in [5.74, 6) is -0.906. The first-order chi connectivity index (χ1) is 7.80. The number of hydrogen-bond donors (Lipinski definition) is 2. The van der Waals surface area contributed by atoms with Crippen molar-refractivity contribution in [2.45, 2.75) is 20.8 Å². The second-order valence-corrected chi connectivity index (χ2v) is 5.94. The molecule has 1 unspecified atom stereocenters. The summed E-state index contributed by atoms with van der Waals surface area (Å²) in [5.41, 5.74) is -0.579. The first-order valence-corrected chi connectivity index (χ1v) is 6.65. The van der Waals surface area contributed by atoms with Gasteiger partial charge in [0.25, 0.3) is 0 Å². The number of rotatable bonds is 7. The molecule has 1 atom stereocenters. The van der Waals surface area contributed by atoms with Gasteiger partial charge in [0.2, 0.25) is 5.91 Å². The predicted molar refractivity (Wildman–Crippen MR) is 71.1 cm³/mol. The van der Waals surface area contributed by atoms with Gasteiger partial charge >= 0.3 is 5.97 Å². The predicted octanol–water partition coefficient (Wildman–Crippen LogP) is 1.77. The summed E-state index contributed by atoms with van der Waals surface area (Å²) < 4.78 is 0. The normalized spacial score (nSPS) is 12.9. The van der Waals surface area contributed by atoms with Crippen LogP contribution in [0.25, 0.3) is 0 Å². The van der Waals surface area contributed by atoms with Gasteiger partial charge in [-0.15, -0.1) is 6.58 Å². The van der Waals surface area contributed by atoms with E-state index in [0.29, 0.717) is 6.54 Å². The van der Waals surface area contributed by atoms with Gasteiger partial charge in [0, 0.05) is 18.1 Å². The SMILES string of the molecule is C=CCSCCNC(=O)C(C(=O)O)C(C)(C)C. The number of carbonyl (C=O) groups excluding carboxylic acids is 1. The smallest absolute Gasteiger partial charge is 0.316 e. The van der Waals surface area contributed by atoms with Crippen LogP contribution in [0.2, 0.25) is 0 Å². The van der Waals surface area contributed by atoms with Crippen molar-refractivity contribution in [3.05, 3.63) is 12.7 Å². The molecule has 0 aromatic carbocycles. The average Bonchev–Trinajstić information content (AvgIpc) is 2.14. The Morgan fingerprint density at radius 1 is 1.47 bits per heavy atom. The lowest BCUT2D eigenvalue weighted by atomic mass is 9.80. The molecule has 0 rings (SSSR count). The van der Waals surface area contributed by atoms with Crippen LogP contribution in [0.3, 0.4) is 0 Å². The standard InChI is InChI=1S/C12H21NO3S/c1-5-7-17-8-6-13-10(14)9(11(15)16)12(2,3)4/h5,9H,1,6-8H2,2-4H3,(H,13,14)(H,15,16). The van der Waals surface area contributed by atoms with Crippen molar-refractivity contribution in [1.82, 2.24) is 5.32 Å². The molecule has 0 fully saturated rings. The number of hydrogen-bond acceptors (Lipinski definition) is 3. The Morgan fingerprint density at radius 3 is 2.47 bits per heavy atom. The number of aliphatic carboxylic acids is 1. The minimum absolute atomic E-state index is 0.413. The number of thioether (sulfide) groups is 1. The minimum Gasteiger partial charge on any atom is -0.481 e. The van der Waals surface area contributed by atoms with Crippen molar-refractivity contribution in [2.75, 3.05) is 18.1 Å². The molecular formula is C12H21NO3S. The maximum absolute atomic E-state index is 11.7. The van der Waals surface area contributed by atoms with Crippen molar-refractivity contribution < 1.29 is 14.7 Å². The number of amides is 1. The monoisotopic (exact) mass is 259 g/mol. The van der Waals surface area contributed by atoms with Crippen molar-refractivity contribution in [3.8, 4) is 0 Å². The van der Waals surface area contributed by atoms with E-state index in [1.54, 1.807) is 38.6 Å². The quantitative estimate of drug-likeness (QED) is 0.415. The highest BCUT2D eigenvalue weighted by molar-refractivity contribution is 7.99. The van der Waals surface area contributed by atoms with Gasteiger partial charge in [0.1, 0.15) is 5.92 Å². The molecule has 0 bridgehead atoms. The highest BCUT2D eigenvalue weighted by Gasteiger charge is 2.37. The molecule has 0 aliphatic heterocycles. The molecular weight excluding hydrogens is 238 g/mol. The Morgan fingerprint density at radius 2 is 2.06 bits per heavy atom. The first-order valence-electron chi connectivity index (χ1n) is 5.50. The van der Waals surface area contributed by atoms with E-state index in [1.165, 1.54) is 0 Å². The minimum atomic E-state index is -1.08. The molecule has 2 N–H and O–H groups in total. The molecule has 0 aliphatic carbocycles. The first kappa shape index (κ1) is 16.0. The Hall–Kier alpha value is -0.970. The second kappa shape index (κ2) is 7.37. The van der Waals surface area contributed by atoms with Crippen LogP contribution in [-0.2, 0) is 9.59 Å². The second-order valence-electron chi connectivity index (χ2n) is 4.79. The number of nitrogens with one attached hydrogen (secondary N) is 1. The van der Waals surface area contributed by atoms with Gasteiger partial charge < -0.3 is 10.4 Å². The van der Waals surface area contributed by atoms with E-state index < -0.39 is 23.2 Å². The lowest BCUT2D eigenvalue weighted by Crippen LogP contribution is -2.43. The lowest BCUT2D eigenvalue weighted by Gasteiger charge is -2.25. The van der Waals surface area contributed by atoms with Gasteiger partial charge in [0.15, 0.2) is 0 Å². The van der Waals surface area contributed by atoms with Crippen molar-refractivity contribution >= 4 is 23.6 Å². The van der Waals surface area contributed by atoms with Crippen LogP contribution in [0.15, 0.2) is 12.7 Å². The third-order valence-corrected chi connectivity index (χ3v) is 3.12. The van der Waals surface area contributed by atoms with E-state index in [4.69, 9.17) is 5.11 Å². The molecule has 0 aromatic rings. The van der Waals surface area contributed by atoms with E-state index in [-0.39, 0.29) is 0 Å². The Kier molecular flexibility index (Phi) is 6.95. The largest absolute Gasteiger partial charge is 0.481 e. The van der Waals surface area contributed by atoms with Crippen LogP contribution in [0.5, 0.6) is 0 Å². The molecule has 0 saturated heterocycles. The summed E-state index contributed by atoms with van der Waals surface area (Å²) in [6.45, 7) is 9.32. The summed E-state index contributed by atoms with van der Waals surface area (Å²) in [6, 6.07) is 0. The zero-order valence-electron chi connectivity index (χ0n) is 10.7. The zero-order chi connectivity index (χ0) is 13.5. The molecule has 0 saturated carbocycles. The summed E-state index contributed by atoms with van der Waals surface area (Å²) in [4.78, 5) is 22.8. The molecule has 0 radical (unpaired) electrons. The fourth-order valence-corrected chi connectivity index (χ4v) is 1.97. The van der Waals surface area contributed by atoms with Crippen molar-refractivity contribution in [3.63, 3.8) is 0 Å². The third-order valence-electron chi connectivity index (χ3n) is 2.16. The topological polar surface area (TPSA) is 66.4 Å². The van der Waals surface area contributed by atoms with Crippen LogP contribution in [-0.4, -0.2) is 35.0 Å². The van der Waals surface area contributed by atoms with Crippen LogP contribution < -0.4 is 5.32 Å². The Labute approximate surface area is 107 Å². The fourth-order valence-electron chi connectivity index (χ4n) is 1.39. The molecule has 0 aliphatic rings. The molecule has 4 nitrogen and oxygen atoms in total. The molecule has 0 heterocycles. The third kappa shape index (κ3) is 6.36. The van der Waals surface area contributed by atoms with E-state index in [9.17, 15) is 9.59 Å². The van der Waals surface area contributed by atoms with Gasteiger partial charge in [-0.05, 0) is 5.41 Å². The van der Waals surface area contributed by atoms with E-state index in [1.807, 2.05) is 0 Å². The maximum Gasteiger partial charge on any atom is 0.316 e. The van der Waals surface area contributed by atoms with Crippen LogP contribution in [0.4, 0.5) is 0 Å².